The minimum atomic E-state index is -1.19. The zero-order valence-electron chi connectivity index (χ0n) is 14.3. The van der Waals surface area contributed by atoms with E-state index in [4.69, 9.17) is 5.11 Å². The molecule has 0 saturated carbocycles. The summed E-state index contributed by atoms with van der Waals surface area (Å²) in [6.45, 7) is 5.91. The average Bonchev–Trinajstić information content (AvgIpc) is 2.91. The van der Waals surface area contributed by atoms with Crippen LogP contribution in [0, 0.1) is 20.8 Å². The third-order valence-electron chi connectivity index (χ3n) is 3.86. The number of aryl methyl sites for hydroxylation is 3. The van der Waals surface area contributed by atoms with Crippen LogP contribution in [0.3, 0.4) is 0 Å². The van der Waals surface area contributed by atoms with Gasteiger partial charge in [-0.15, -0.1) is 0 Å². The van der Waals surface area contributed by atoms with Gasteiger partial charge in [-0.05, 0) is 60.0 Å². The summed E-state index contributed by atoms with van der Waals surface area (Å²) in [5, 5.41) is 14.3. The molecule has 1 heterocycles. The normalized spacial score (nSPS) is 10.8. The van der Waals surface area contributed by atoms with E-state index in [1.807, 2.05) is 32.9 Å². The third kappa shape index (κ3) is 3.56. The number of amides is 2. The summed E-state index contributed by atoms with van der Waals surface area (Å²) < 4.78 is 1.23. The van der Waals surface area contributed by atoms with Gasteiger partial charge in [0.2, 0.25) is 0 Å². The van der Waals surface area contributed by atoms with E-state index < -0.39 is 6.09 Å². The van der Waals surface area contributed by atoms with Crippen molar-refractivity contribution in [1.82, 2.24) is 4.98 Å². The maximum atomic E-state index is 13.0. The molecule has 0 saturated heterocycles. The lowest BCUT2D eigenvalue weighted by atomic mass is 10.0. The molecule has 134 valence electrons. The summed E-state index contributed by atoms with van der Waals surface area (Å²) in [5.74, 6) is -0.275. The Labute approximate surface area is 162 Å². The number of nitrogens with zero attached hydrogens (tertiary/aromatic N) is 1. The molecule has 26 heavy (non-hydrogen) atoms. The molecule has 0 atom stereocenters. The van der Waals surface area contributed by atoms with Gasteiger partial charge in [0.15, 0.2) is 5.13 Å². The Morgan fingerprint density at radius 2 is 1.77 bits per heavy atom. The second-order valence-electron chi connectivity index (χ2n) is 5.95. The van der Waals surface area contributed by atoms with Crippen LogP contribution in [0.4, 0.5) is 15.6 Å². The summed E-state index contributed by atoms with van der Waals surface area (Å²) in [6, 6.07) is 7.50. The van der Waals surface area contributed by atoms with Gasteiger partial charge in [-0.3, -0.25) is 10.1 Å². The summed E-state index contributed by atoms with van der Waals surface area (Å²) in [6.07, 6.45) is -1.19. The summed E-state index contributed by atoms with van der Waals surface area (Å²) in [7, 11) is 0. The van der Waals surface area contributed by atoms with Gasteiger partial charge in [-0.2, -0.15) is 0 Å². The number of rotatable bonds is 3. The van der Waals surface area contributed by atoms with Crippen LogP contribution in [0.5, 0.6) is 0 Å². The van der Waals surface area contributed by atoms with E-state index in [-0.39, 0.29) is 11.0 Å². The molecule has 2 aromatic carbocycles. The number of hydrogen-bond acceptors (Lipinski definition) is 4. The molecule has 8 heteroatoms. The van der Waals surface area contributed by atoms with E-state index >= 15 is 0 Å². The second kappa shape index (κ2) is 7.05. The zero-order chi connectivity index (χ0) is 19.0. The number of nitrogens with one attached hydrogen (secondary N) is 2. The fourth-order valence-electron chi connectivity index (χ4n) is 2.88. The van der Waals surface area contributed by atoms with Crippen LogP contribution in [-0.2, 0) is 0 Å². The Balaban J connectivity index is 2.04. The number of carboxylic acid groups (broad SMARTS) is 1. The van der Waals surface area contributed by atoms with Gasteiger partial charge in [0, 0.05) is 10.2 Å². The lowest BCUT2D eigenvalue weighted by Gasteiger charge is -2.14. The van der Waals surface area contributed by atoms with Gasteiger partial charge in [0.1, 0.15) is 0 Å². The molecule has 0 aliphatic rings. The number of anilines is 2. The van der Waals surface area contributed by atoms with Gasteiger partial charge in [0.25, 0.3) is 5.91 Å². The number of carbonyl (C=O) groups excluding carboxylic acids is 1. The fraction of sp³-hybridized carbons (Fsp3) is 0.167. The number of benzene rings is 2. The molecule has 0 spiro atoms. The summed E-state index contributed by atoms with van der Waals surface area (Å²) >= 11 is 4.54. The van der Waals surface area contributed by atoms with Gasteiger partial charge in [-0.25, -0.2) is 9.78 Å². The van der Waals surface area contributed by atoms with Crippen molar-refractivity contribution in [2.45, 2.75) is 20.8 Å². The van der Waals surface area contributed by atoms with E-state index in [2.05, 4.69) is 31.5 Å². The first kappa shape index (κ1) is 18.3. The van der Waals surface area contributed by atoms with Crippen LogP contribution >= 0.6 is 27.3 Å². The first-order valence-electron chi connectivity index (χ1n) is 7.74. The quantitative estimate of drug-likeness (QED) is 0.520. The first-order valence-corrected chi connectivity index (χ1v) is 9.35. The molecule has 0 bridgehead atoms. The Hall–Kier alpha value is -2.45. The molecule has 3 aromatic rings. The van der Waals surface area contributed by atoms with Crippen molar-refractivity contribution in [3.8, 4) is 0 Å². The van der Waals surface area contributed by atoms with Gasteiger partial charge >= 0.3 is 6.09 Å². The fourth-order valence-corrected chi connectivity index (χ4v) is 4.52. The predicted octanol–water partition coefficient (Wildman–Crippen LogP) is 5.33. The van der Waals surface area contributed by atoms with E-state index in [0.29, 0.717) is 20.3 Å². The lowest BCUT2D eigenvalue weighted by Crippen LogP contribution is -2.14. The van der Waals surface area contributed by atoms with E-state index in [0.717, 1.165) is 33.7 Å². The maximum Gasteiger partial charge on any atom is 0.410 e. The lowest BCUT2D eigenvalue weighted by molar-refractivity contribution is 0.102. The van der Waals surface area contributed by atoms with E-state index in [1.54, 1.807) is 12.1 Å². The standard InChI is InChI=1S/C18H16BrN3O3S/c1-8-6-9(2)14(10(3)7-8)21-16(23)13-11(19)4-5-12-15(13)26-17(20-12)22-18(24)25/h4-7H,1-3H3,(H,20,22)(H,21,23)(H,24,25). The number of carbonyl (C=O) groups is 2. The highest BCUT2D eigenvalue weighted by molar-refractivity contribution is 9.10. The van der Waals surface area contributed by atoms with Crippen molar-refractivity contribution in [2.24, 2.45) is 0 Å². The number of thiazole rings is 1. The molecule has 2 amide bonds. The molecule has 6 nitrogen and oxygen atoms in total. The molecule has 0 aliphatic heterocycles. The van der Waals surface area contributed by atoms with Crippen molar-refractivity contribution in [1.29, 1.82) is 0 Å². The van der Waals surface area contributed by atoms with Crippen molar-refractivity contribution in [3.63, 3.8) is 0 Å². The highest BCUT2D eigenvalue weighted by Gasteiger charge is 2.19. The highest BCUT2D eigenvalue weighted by Crippen LogP contribution is 2.34. The Kier molecular flexibility index (Phi) is 4.97. The van der Waals surface area contributed by atoms with Crippen molar-refractivity contribution in [2.75, 3.05) is 10.6 Å². The molecular formula is C18H16BrN3O3S. The Bertz CT molecular complexity index is 1020. The minimum absolute atomic E-state index is 0.224. The molecular weight excluding hydrogens is 418 g/mol. The summed E-state index contributed by atoms with van der Waals surface area (Å²) in [4.78, 5) is 28.0. The van der Waals surface area contributed by atoms with Crippen LogP contribution in [0.15, 0.2) is 28.7 Å². The zero-order valence-corrected chi connectivity index (χ0v) is 16.7. The van der Waals surface area contributed by atoms with Gasteiger partial charge < -0.3 is 10.4 Å². The van der Waals surface area contributed by atoms with Crippen molar-refractivity contribution in [3.05, 3.63) is 51.0 Å². The van der Waals surface area contributed by atoms with Crippen molar-refractivity contribution >= 4 is 60.3 Å². The van der Waals surface area contributed by atoms with E-state index in [9.17, 15) is 9.59 Å². The van der Waals surface area contributed by atoms with Crippen molar-refractivity contribution < 1.29 is 14.7 Å². The van der Waals surface area contributed by atoms with Crippen LogP contribution in [-0.4, -0.2) is 22.1 Å². The van der Waals surface area contributed by atoms with Gasteiger partial charge in [-0.1, -0.05) is 29.0 Å². The monoisotopic (exact) mass is 433 g/mol. The Morgan fingerprint density at radius 3 is 2.38 bits per heavy atom. The van der Waals surface area contributed by atoms with Crippen LogP contribution < -0.4 is 10.6 Å². The topological polar surface area (TPSA) is 91.3 Å². The Morgan fingerprint density at radius 1 is 1.12 bits per heavy atom. The summed E-state index contributed by atoms with van der Waals surface area (Å²) in [5.41, 5.74) is 4.86. The maximum absolute atomic E-state index is 13.0. The molecule has 3 rings (SSSR count). The largest absolute Gasteiger partial charge is 0.465 e. The number of hydrogen-bond donors (Lipinski definition) is 3. The van der Waals surface area contributed by atoms with Gasteiger partial charge in [0.05, 0.1) is 15.8 Å². The smallest absolute Gasteiger partial charge is 0.410 e. The van der Waals surface area contributed by atoms with Crippen LogP contribution in [0.25, 0.3) is 10.2 Å². The molecule has 0 fully saturated rings. The number of fused-ring (bicyclic) bond motifs is 1. The molecule has 0 aliphatic carbocycles. The van der Waals surface area contributed by atoms with Crippen LogP contribution in [0.2, 0.25) is 0 Å². The number of halogens is 1. The third-order valence-corrected chi connectivity index (χ3v) is 5.53. The highest BCUT2D eigenvalue weighted by atomic mass is 79.9. The second-order valence-corrected chi connectivity index (χ2v) is 7.80. The molecule has 0 unspecified atom stereocenters. The molecule has 0 radical (unpaired) electrons. The molecule has 1 aromatic heterocycles. The number of aromatic nitrogens is 1. The van der Waals surface area contributed by atoms with E-state index in [1.165, 1.54) is 0 Å². The molecule has 3 N–H and O–H groups in total. The average molecular weight is 434 g/mol. The minimum Gasteiger partial charge on any atom is -0.465 e. The predicted molar refractivity (Wildman–Crippen MR) is 108 cm³/mol. The SMILES string of the molecule is Cc1cc(C)c(NC(=O)c2c(Br)ccc3nc(NC(=O)O)sc23)c(C)c1. The first-order chi connectivity index (χ1) is 12.3. The van der Waals surface area contributed by atoms with Crippen LogP contribution in [0.1, 0.15) is 27.0 Å².